The first-order chi connectivity index (χ1) is 7.91. The molecule has 0 aromatic heterocycles. The standard InChI is InChI=1S/C14H22N2O/c1-10-6-8-13(9-7-10)11(2)15-12(3)14(17)16(4)5/h6-9,11-12,15H,1-5H3/t11-,12?/m1/s1. The molecule has 0 fully saturated rings. The van der Waals surface area contributed by atoms with Crippen LogP contribution in [0.2, 0.25) is 0 Å². The first-order valence-electron chi connectivity index (χ1n) is 5.95. The van der Waals surface area contributed by atoms with E-state index in [1.54, 1.807) is 19.0 Å². The molecule has 1 rings (SSSR count). The van der Waals surface area contributed by atoms with Crippen molar-refractivity contribution in [3.8, 4) is 0 Å². The number of hydrogen-bond acceptors (Lipinski definition) is 2. The van der Waals surface area contributed by atoms with Crippen LogP contribution in [0.25, 0.3) is 0 Å². The van der Waals surface area contributed by atoms with Crippen molar-refractivity contribution < 1.29 is 4.79 Å². The van der Waals surface area contributed by atoms with E-state index in [1.807, 2.05) is 6.92 Å². The molecule has 0 radical (unpaired) electrons. The van der Waals surface area contributed by atoms with E-state index in [-0.39, 0.29) is 18.0 Å². The lowest BCUT2D eigenvalue weighted by molar-refractivity contribution is -0.130. The molecule has 3 heteroatoms. The van der Waals surface area contributed by atoms with Gasteiger partial charge in [0.15, 0.2) is 0 Å². The lowest BCUT2D eigenvalue weighted by atomic mass is 10.1. The van der Waals surface area contributed by atoms with Crippen molar-refractivity contribution in [1.29, 1.82) is 0 Å². The van der Waals surface area contributed by atoms with Crippen molar-refractivity contribution in [2.24, 2.45) is 0 Å². The second kappa shape index (κ2) is 5.82. The maximum atomic E-state index is 11.7. The molecule has 0 heterocycles. The minimum atomic E-state index is -0.165. The number of likely N-dealkylation sites (N-methyl/N-ethyl adjacent to an activating group) is 1. The molecule has 94 valence electrons. The fourth-order valence-corrected chi connectivity index (χ4v) is 1.78. The Hall–Kier alpha value is -1.35. The summed E-state index contributed by atoms with van der Waals surface area (Å²) in [6.45, 7) is 6.04. The minimum absolute atomic E-state index is 0.101. The number of hydrogen-bond donors (Lipinski definition) is 1. The Labute approximate surface area is 104 Å². The highest BCUT2D eigenvalue weighted by Gasteiger charge is 2.17. The Bertz CT molecular complexity index is 370. The molecule has 0 aliphatic rings. The predicted octanol–water partition coefficient (Wildman–Crippen LogP) is 2.12. The van der Waals surface area contributed by atoms with E-state index in [4.69, 9.17) is 0 Å². The summed E-state index contributed by atoms with van der Waals surface area (Å²) in [5.74, 6) is 0.101. The molecule has 0 bridgehead atoms. The van der Waals surface area contributed by atoms with E-state index in [2.05, 4.69) is 43.4 Å². The first-order valence-corrected chi connectivity index (χ1v) is 5.95. The Morgan fingerprint density at radius 2 is 1.71 bits per heavy atom. The SMILES string of the molecule is Cc1ccc([C@@H](C)NC(C)C(=O)N(C)C)cc1. The molecule has 1 aromatic rings. The zero-order valence-corrected chi connectivity index (χ0v) is 11.3. The van der Waals surface area contributed by atoms with Gasteiger partial charge in [0, 0.05) is 20.1 Å². The van der Waals surface area contributed by atoms with Crippen LogP contribution < -0.4 is 5.32 Å². The number of benzene rings is 1. The highest BCUT2D eigenvalue weighted by molar-refractivity contribution is 5.80. The lowest BCUT2D eigenvalue weighted by Gasteiger charge is -2.22. The molecule has 0 aliphatic carbocycles. The zero-order chi connectivity index (χ0) is 13.0. The molecule has 1 amide bonds. The van der Waals surface area contributed by atoms with Gasteiger partial charge in [-0.3, -0.25) is 10.1 Å². The van der Waals surface area contributed by atoms with Crippen LogP contribution in [0.15, 0.2) is 24.3 Å². The number of nitrogens with one attached hydrogen (secondary N) is 1. The molecule has 0 saturated carbocycles. The third-order valence-electron chi connectivity index (χ3n) is 2.89. The molecule has 0 aliphatic heterocycles. The topological polar surface area (TPSA) is 32.3 Å². The van der Waals surface area contributed by atoms with Crippen molar-refractivity contribution >= 4 is 5.91 Å². The summed E-state index contributed by atoms with van der Waals surface area (Å²) >= 11 is 0. The van der Waals surface area contributed by atoms with E-state index in [1.165, 1.54) is 11.1 Å². The molecule has 3 nitrogen and oxygen atoms in total. The maximum Gasteiger partial charge on any atom is 0.238 e. The average molecular weight is 234 g/mol. The van der Waals surface area contributed by atoms with Gasteiger partial charge in [0.1, 0.15) is 0 Å². The summed E-state index contributed by atoms with van der Waals surface area (Å²) in [5.41, 5.74) is 2.45. The lowest BCUT2D eigenvalue weighted by Crippen LogP contribution is -2.42. The second-order valence-electron chi connectivity index (χ2n) is 4.75. The Morgan fingerprint density at radius 1 is 1.18 bits per heavy atom. The van der Waals surface area contributed by atoms with Gasteiger partial charge >= 0.3 is 0 Å². The quantitative estimate of drug-likeness (QED) is 0.865. The van der Waals surface area contributed by atoms with Gasteiger partial charge in [0.25, 0.3) is 0 Å². The Morgan fingerprint density at radius 3 is 2.18 bits per heavy atom. The van der Waals surface area contributed by atoms with Crippen LogP contribution in [-0.4, -0.2) is 30.9 Å². The summed E-state index contributed by atoms with van der Waals surface area (Å²) < 4.78 is 0. The number of amides is 1. The number of nitrogens with zero attached hydrogens (tertiary/aromatic N) is 1. The number of aryl methyl sites for hydroxylation is 1. The van der Waals surface area contributed by atoms with Crippen LogP contribution >= 0.6 is 0 Å². The van der Waals surface area contributed by atoms with E-state index < -0.39 is 0 Å². The predicted molar refractivity (Wildman–Crippen MR) is 70.9 cm³/mol. The fourth-order valence-electron chi connectivity index (χ4n) is 1.78. The molecule has 0 spiro atoms. The normalized spacial score (nSPS) is 14.2. The molecule has 1 aromatic carbocycles. The summed E-state index contributed by atoms with van der Waals surface area (Å²) in [7, 11) is 3.55. The summed E-state index contributed by atoms with van der Waals surface area (Å²) in [6, 6.07) is 8.38. The van der Waals surface area contributed by atoms with Gasteiger partial charge in [-0.2, -0.15) is 0 Å². The van der Waals surface area contributed by atoms with Gasteiger partial charge in [0.05, 0.1) is 6.04 Å². The highest BCUT2D eigenvalue weighted by Crippen LogP contribution is 2.13. The highest BCUT2D eigenvalue weighted by atomic mass is 16.2. The maximum absolute atomic E-state index is 11.7. The smallest absolute Gasteiger partial charge is 0.238 e. The first kappa shape index (κ1) is 13.7. The third-order valence-corrected chi connectivity index (χ3v) is 2.89. The fraction of sp³-hybridized carbons (Fsp3) is 0.500. The largest absolute Gasteiger partial charge is 0.347 e. The van der Waals surface area contributed by atoms with Gasteiger partial charge < -0.3 is 4.90 Å². The third kappa shape index (κ3) is 3.86. The van der Waals surface area contributed by atoms with Crippen LogP contribution in [0, 0.1) is 6.92 Å². The van der Waals surface area contributed by atoms with Gasteiger partial charge in [0.2, 0.25) is 5.91 Å². The molecule has 2 atom stereocenters. The molecular formula is C14H22N2O. The Kier molecular flexibility index (Phi) is 4.70. The van der Waals surface area contributed by atoms with Crippen LogP contribution in [-0.2, 0) is 4.79 Å². The van der Waals surface area contributed by atoms with Gasteiger partial charge in [-0.15, -0.1) is 0 Å². The van der Waals surface area contributed by atoms with Crippen molar-refractivity contribution in [2.75, 3.05) is 14.1 Å². The summed E-state index contributed by atoms with van der Waals surface area (Å²) in [4.78, 5) is 13.3. The number of carbonyl (C=O) groups excluding carboxylic acids is 1. The number of rotatable bonds is 4. The molecule has 17 heavy (non-hydrogen) atoms. The van der Waals surface area contributed by atoms with Crippen LogP contribution in [0.1, 0.15) is 31.0 Å². The van der Waals surface area contributed by atoms with Crippen molar-refractivity contribution in [1.82, 2.24) is 10.2 Å². The van der Waals surface area contributed by atoms with Crippen LogP contribution in [0.3, 0.4) is 0 Å². The van der Waals surface area contributed by atoms with Crippen molar-refractivity contribution in [2.45, 2.75) is 32.9 Å². The van der Waals surface area contributed by atoms with Gasteiger partial charge in [-0.05, 0) is 26.3 Å². The van der Waals surface area contributed by atoms with E-state index in [0.29, 0.717) is 0 Å². The molecule has 0 saturated heterocycles. The van der Waals surface area contributed by atoms with Gasteiger partial charge in [-0.25, -0.2) is 0 Å². The van der Waals surface area contributed by atoms with Gasteiger partial charge in [-0.1, -0.05) is 29.8 Å². The van der Waals surface area contributed by atoms with Crippen molar-refractivity contribution in [3.63, 3.8) is 0 Å². The van der Waals surface area contributed by atoms with Crippen LogP contribution in [0.5, 0.6) is 0 Å². The average Bonchev–Trinajstić information content (AvgIpc) is 2.28. The number of carbonyl (C=O) groups is 1. The molecule has 1 N–H and O–H groups in total. The molecular weight excluding hydrogens is 212 g/mol. The summed E-state index contributed by atoms with van der Waals surface area (Å²) in [5, 5.41) is 3.31. The van der Waals surface area contributed by atoms with E-state index in [0.717, 1.165) is 0 Å². The van der Waals surface area contributed by atoms with Crippen LogP contribution in [0.4, 0.5) is 0 Å². The monoisotopic (exact) mass is 234 g/mol. The summed E-state index contributed by atoms with van der Waals surface area (Å²) in [6.07, 6.45) is 0. The van der Waals surface area contributed by atoms with E-state index in [9.17, 15) is 4.79 Å². The van der Waals surface area contributed by atoms with E-state index >= 15 is 0 Å². The second-order valence-corrected chi connectivity index (χ2v) is 4.75. The minimum Gasteiger partial charge on any atom is -0.347 e. The zero-order valence-electron chi connectivity index (χ0n) is 11.3. The molecule has 1 unspecified atom stereocenters. The van der Waals surface area contributed by atoms with Crippen molar-refractivity contribution in [3.05, 3.63) is 35.4 Å². The Balaban J connectivity index is 2.63.